The molecule has 17 heavy (non-hydrogen) atoms. The Kier molecular flexibility index (Phi) is 3.41. The van der Waals surface area contributed by atoms with Gasteiger partial charge in [0.15, 0.2) is 0 Å². The van der Waals surface area contributed by atoms with Crippen LogP contribution in [0, 0.1) is 11.6 Å². The number of benzene rings is 2. The van der Waals surface area contributed by atoms with Crippen LogP contribution in [0.2, 0.25) is 5.02 Å². The lowest BCUT2D eigenvalue weighted by Crippen LogP contribution is -2.01. The molecule has 0 spiro atoms. The van der Waals surface area contributed by atoms with Crippen LogP contribution < -0.4 is 0 Å². The fraction of sp³-hybridized carbons (Fsp3) is 0.0769. The van der Waals surface area contributed by atoms with Crippen LogP contribution in [0.1, 0.15) is 17.2 Å². The van der Waals surface area contributed by atoms with E-state index in [-0.39, 0.29) is 5.02 Å². The topological polar surface area (TPSA) is 20.2 Å². The molecule has 4 heteroatoms. The first-order valence-electron chi connectivity index (χ1n) is 4.96. The molecule has 0 aliphatic rings. The third kappa shape index (κ3) is 2.62. The first-order valence-corrected chi connectivity index (χ1v) is 5.34. The lowest BCUT2D eigenvalue weighted by molar-refractivity contribution is 0.220. The lowest BCUT2D eigenvalue weighted by atomic mass is 10.0. The molecule has 2 rings (SSSR count). The van der Waals surface area contributed by atoms with Crippen LogP contribution in [0.4, 0.5) is 8.78 Å². The van der Waals surface area contributed by atoms with Gasteiger partial charge in [-0.1, -0.05) is 29.8 Å². The first-order chi connectivity index (χ1) is 8.08. The Morgan fingerprint density at radius 1 is 1.00 bits per heavy atom. The summed E-state index contributed by atoms with van der Waals surface area (Å²) in [5.41, 5.74) is 0.720. The second-order valence-corrected chi connectivity index (χ2v) is 4.03. The molecule has 1 N–H and O–H groups in total. The minimum atomic E-state index is -1.07. The van der Waals surface area contributed by atoms with E-state index in [9.17, 15) is 13.9 Å². The van der Waals surface area contributed by atoms with Crippen molar-refractivity contribution in [3.05, 3.63) is 70.2 Å². The van der Waals surface area contributed by atoms with Gasteiger partial charge in [0, 0.05) is 10.6 Å². The highest BCUT2D eigenvalue weighted by atomic mass is 35.5. The maximum Gasteiger partial charge on any atom is 0.124 e. The average molecular weight is 255 g/mol. The molecule has 0 bridgehead atoms. The van der Waals surface area contributed by atoms with Gasteiger partial charge in [0.05, 0.1) is 0 Å². The second-order valence-electron chi connectivity index (χ2n) is 3.62. The van der Waals surface area contributed by atoms with Crippen molar-refractivity contribution >= 4 is 11.6 Å². The van der Waals surface area contributed by atoms with Crippen LogP contribution in [-0.4, -0.2) is 5.11 Å². The van der Waals surface area contributed by atoms with Crippen molar-refractivity contribution < 1.29 is 13.9 Å². The summed E-state index contributed by atoms with van der Waals surface area (Å²) in [6.45, 7) is 0. The van der Waals surface area contributed by atoms with Crippen molar-refractivity contribution in [2.45, 2.75) is 6.10 Å². The van der Waals surface area contributed by atoms with Gasteiger partial charge in [-0.05, 0) is 29.8 Å². The smallest absolute Gasteiger partial charge is 0.124 e. The zero-order valence-electron chi connectivity index (χ0n) is 8.70. The Bertz CT molecular complexity index is 543. The maximum atomic E-state index is 13.0. The molecular weight excluding hydrogens is 246 g/mol. The summed E-state index contributed by atoms with van der Waals surface area (Å²) in [7, 11) is 0. The summed E-state index contributed by atoms with van der Waals surface area (Å²) in [5, 5.41) is 10.1. The van der Waals surface area contributed by atoms with E-state index in [0.29, 0.717) is 11.1 Å². The predicted molar refractivity (Wildman–Crippen MR) is 61.9 cm³/mol. The summed E-state index contributed by atoms with van der Waals surface area (Å²) in [6.07, 6.45) is -1.07. The Labute approximate surface area is 102 Å². The van der Waals surface area contributed by atoms with E-state index < -0.39 is 17.7 Å². The quantitative estimate of drug-likeness (QED) is 0.866. The van der Waals surface area contributed by atoms with Crippen LogP contribution in [0.25, 0.3) is 0 Å². The molecule has 1 nitrogen and oxygen atoms in total. The van der Waals surface area contributed by atoms with Crippen molar-refractivity contribution in [1.29, 1.82) is 0 Å². The molecule has 0 radical (unpaired) electrons. The fourth-order valence-corrected chi connectivity index (χ4v) is 1.85. The van der Waals surface area contributed by atoms with Gasteiger partial charge in [0.1, 0.15) is 17.7 Å². The van der Waals surface area contributed by atoms with E-state index in [1.807, 2.05) is 0 Å². The molecule has 88 valence electrons. The first kappa shape index (κ1) is 12.0. The minimum Gasteiger partial charge on any atom is -0.384 e. The zero-order chi connectivity index (χ0) is 12.4. The SMILES string of the molecule is OC(c1cccc(F)c1)c1ccc(F)cc1Cl. The summed E-state index contributed by atoms with van der Waals surface area (Å²) in [4.78, 5) is 0. The number of halogens is 3. The standard InChI is InChI=1S/C13H9ClF2O/c14-12-7-10(16)4-5-11(12)13(17)8-2-1-3-9(15)6-8/h1-7,13,17H. The summed E-state index contributed by atoms with van der Waals surface area (Å²) >= 11 is 5.82. The molecule has 2 aromatic rings. The molecule has 0 aliphatic carbocycles. The number of hydrogen-bond donors (Lipinski definition) is 1. The second kappa shape index (κ2) is 4.82. The van der Waals surface area contributed by atoms with E-state index in [0.717, 1.165) is 6.07 Å². The summed E-state index contributed by atoms with van der Waals surface area (Å²) < 4.78 is 25.9. The van der Waals surface area contributed by atoms with E-state index in [4.69, 9.17) is 11.6 Å². The van der Waals surface area contributed by atoms with Crippen molar-refractivity contribution in [2.24, 2.45) is 0 Å². The van der Waals surface area contributed by atoms with Crippen LogP contribution in [0.3, 0.4) is 0 Å². The van der Waals surface area contributed by atoms with Crippen molar-refractivity contribution in [2.75, 3.05) is 0 Å². The minimum absolute atomic E-state index is 0.113. The molecule has 1 atom stereocenters. The third-order valence-electron chi connectivity index (χ3n) is 2.42. The monoisotopic (exact) mass is 254 g/mol. The molecular formula is C13H9ClF2O. The van der Waals surface area contributed by atoms with Gasteiger partial charge in [-0.2, -0.15) is 0 Å². The predicted octanol–water partition coefficient (Wildman–Crippen LogP) is 3.70. The Balaban J connectivity index is 2.40. The van der Waals surface area contributed by atoms with E-state index in [2.05, 4.69) is 0 Å². The van der Waals surface area contributed by atoms with E-state index in [1.54, 1.807) is 6.07 Å². The molecule has 0 aliphatic heterocycles. The van der Waals surface area contributed by atoms with E-state index >= 15 is 0 Å². The molecule has 0 saturated heterocycles. The molecule has 0 amide bonds. The molecule has 1 unspecified atom stereocenters. The molecule has 0 aromatic heterocycles. The normalized spacial score (nSPS) is 12.5. The summed E-state index contributed by atoms with van der Waals surface area (Å²) in [5.74, 6) is -0.926. The third-order valence-corrected chi connectivity index (χ3v) is 2.75. The number of aliphatic hydroxyl groups is 1. The Morgan fingerprint density at radius 3 is 2.35 bits per heavy atom. The van der Waals surface area contributed by atoms with Gasteiger partial charge in [0.25, 0.3) is 0 Å². The maximum absolute atomic E-state index is 13.0. The summed E-state index contributed by atoms with van der Waals surface area (Å²) in [6, 6.07) is 9.25. The highest BCUT2D eigenvalue weighted by Gasteiger charge is 2.14. The average Bonchev–Trinajstić information content (AvgIpc) is 2.28. The van der Waals surface area contributed by atoms with Gasteiger partial charge < -0.3 is 5.11 Å². The highest BCUT2D eigenvalue weighted by molar-refractivity contribution is 6.31. The number of aliphatic hydroxyl groups excluding tert-OH is 1. The Morgan fingerprint density at radius 2 is 1.71 bits per heavy atom. The lowest BCUT2D eigenvalue weighted by Gasteiger charge is -2.13. The van der Waals surface area contributed by atoms with Crippen molar-refractivity contribution in [1.82, 2.24) is 0 Å². The number of rotatable bonds is 2. The van der Waals surface area contributed by atoms with Crippen LogP contribution in [0.5, 0.6) is 0 Å². The fourth-order valence-electron chi connectivity index (χ4n) is 1.58. The zero-order valence-corrected chi connectivity index (χ0v) is 9.46. The highest BCUT2D eigenvalue weighted by Crippen LogP contribution is 2.28. The van der Waals surface area contributed by atoms with Crippen LogP contribution in [-0.2, 0) is 0 Å². The largest absolute Gasteiger partial charge is 0.384 e. The van der Waals surface area contributed by atoms with Gasteiger partial charge in [-0.25, -0.2) is 8.78 Å². The number of hydrogen-bond acceptors (Lipinski definition) is 1. The van der Waals surface area contributed by atoms with Gasteiger partial charge in [-0.15, -0.1) is 0 Å². The van der Waals surface area contributed by atoms with Crippen LogP contribution >= 0.6 is 11.6 Å². The molecule has 0 heterocycles. The molecule has 2 aromatic carbocycles. The van der Waals surface area contributed by atoms with Gasteiger partial charge >= 0.3 is 0 Å². The van der Waals surface area contributed by atoms with Crippen LogP contribution in [0.15, 0.2) is 42.5 Å². The molecule has 0 saturated carbocycles. The van der Waals surface area contributed by atoms with Crippen molar-refractivity contribution in [3.63, 3.8) is 0 Å². The van der Waals surface area contributed by atoms with Gasteiger partial charge in [-0.3, -0.25) is 0 Å². The van der Waals surface area contributed by atoms with Crippen molar-refractivity contribution in [3.8, 4) is 0 Å². The molecule has 0 fully saturated rings. The van der Waals surface area contributed by atoms with E-state index in [1.165, 1.54) is 30.3 Å². The Hall–Kier alpha value is -1.45. The van der Waals surface area contributed by atoms with Gasteiger partial charge in [0.2, 0.25) is 0 Å².